The molecular weight excluding hydrogens is 348 g/mol. The summed E-state index contributed by atoms with van der Waals surface area (Å²) in [5.74, 6) is 1.65. The molecule has 0 saturated carbocycles. The van der Waals surface area contributed by atoms with E-state index in [2.05, 4.69) is 33.6 Å². The number of imidazole rings is 2. The highest BCUT2D eigenvalue weighted by Crippen LogP contribution is 2.27. The van der Waals surface area contributed by atoms with Crippen molar-refractivity contribution >= 4 is 22.6 Å². The lowest BCUT2D eigenvalue weighted by Crippen LogP contribution is -2.06. The van der Waals surface area contributed by atoms with Crippen LogP contribution in [0.4, 0.5) is 0 Å². The molecule has 0 aliphatic heterocycles. The fourth-order valence-electron chi connectivity index (χ4n) is 3.04. The maximum Gasteiger partial charge on any atom is 0.159 e. The summed E-state index contributed by atoms with van der Waals surface area (Å²) >= 11 is 5.97. The molecule has 6 heteroatoms. The van der Waals surface area contributed by atoms with Crippen LogP contribution < -0.4 is 0 Å². The minimum absolute atomic E-state index is 0.616. The first-order valence-corrected chi connectivity index (χ1v) is 8.80. The Kier molecular flexibility index (Phi) is 4.49. The van der Waals surface area contributed by atoms with Crippen LogP contribution in [0.2, 0.25) is 5.02 Å². The Morgan fingerprint density at radius 2 is 1.96 bits per heavy atom. The molecule has 1 N–H and O–H groups in total. The molecule has 26 heavy (non-hydrogen) atoms. The summed E-state index contributed by atoms with van der Waals surface area (Å²) < 4.78 is 7.46. The highest BCUT2D eigenvalue weighted by atomic mass is 35.5. The van der Waals surface area contributed by atoms with Gasteiger partial charge in [0.2, 0.25) is 0 Å². The Morgan fingerprint density at radius 1 is 1.15 bits per heavy atom. The molecule has 0 amide bonds. The van der Waals surface area contributed by atoms with Gasteiger partial charge in [-0.1, -0.05) is 17.7 Å². The summed E-state index contributed by atoms with van der Waals surface area (Å²) in [6.07, 6.45) is 1.82. The van der Waals surface area contributed by atoms with Gasteiger partial charge >= 0.3 is 0 Å². The smallest absolute Gasteiger partial charge is 0.159 e. The topological polar surface area (TPSA) is 55.7 Å². The zero-order valence-corrected chi connectivity index (χ0v) is 15.4. The second-order valence-corrected chi connectivity index (χ2v) is 6.66. The summed E-state index contributed by atoms with van der Waals surface area (Å²) in [7, 11) is 1.71. The minimum Gasteiger partial charge on any atom is -0.383 e. The van der Waals surface area contributed by atoms with Gasteiger partial charge in [-0.2, -0.15) is 0 Å². The van der Waals surface area contributed by atoms with E-state index in [9.17, 15) is 0 Å². The van der Waals surface area contributed by atoms with Crippen molar-refractivity contribution in [3.8, 4) is 22.9 Å². The highest BCUT2D eigenvalue weighted by molar-refractivity contribution is 6.30. The maximum absolute atomic E-state index is 5.97. The van der Waals surface area contributed by atoms with Gasteiger partial charge in [0.05, 0.1) is 23.8 Å². The van der Waals surface area contributed by atoms with Gasteiger partial charge in [0.15, 0.2) is 5.82 Å². The number of methoxy groups -OCH3 is 1. The molecule has 0 aliphatic carbocycles. The third kappa shape index (κ3) is 3.11. The molecular formula is C20H19ClN4O. The third-order valence-electron chi connectivity index (χ3n) is 4.36. The van der Waals surface area contributed by atoms with Crippen LogP contribution in [0.5, 0.6) is 0 Å². The average molecular weight is 367 g/mol. The normalized spacial score (nSPS) is 11.3. The van der Waals surface area contributed by atoms with Gasteiger partial charge in [0, 0.05) is 24.2 Å². The van der Waals surface area contributed by atoms with Crippen molar-refractivity contribution in [1.29, 1.82) is 0 Å². The van der Waals surface area contributed by atoms with Gasteiger partial charge in [-0.3, -0.25) is 0 Å². The highest BCUT2D eigenvalue weighted by Gasteiger charge is 2.15. The number of ether oxygens (including phenoxy) is 1. The molecule has 4 aromatic rings. The van der Waals surface area contributed by atoms with E-state index in [0.29, 0.717) is 11.6 Å². The molecule has 132 valence electrons. The Bertz CT molecular complexity index is 1050. The molecule has 0 atom stereocenters. The summed E-state index contributed by atoms with van der Waals surface area (Å²) in [5.41, 5.74) is 5.12. The van der Waals surface area contributed by atoms with Crippen molar-refractivity contribution in [2.24, 2.45) is 0 Å². The molecule has 0 radical (unpaired) electrons. The molecule has 0 unspecified atom stereocenters. The van der Waals surface area contributed by atoms with Gasteiger partial charge in [-0.15, -0.1) is 0 Å². The molecule has 0 bridgehead atoms. The van der Waals surface area contributed by atoms with Crippen molar-refractivity contribution < 1.29 is 4.74 Å². The number of fused-ring (bicyclic) bond motifs is 1. The van der Waals surface area contributed by atoms with Crippen LogP contribution in [0.15, 0.2) is 48.7 Å². The third-order valence-corrected chi connectivity index (χ3v) is 4.61. The molecule has 0 aliphatic rings. The minimum atomic E-state index is 0.616. The predicted molar refractivity (Wildman–Crippen MR) is 104 cm³/mol. The molecule has 2 heterocycles. The van der Waals surface area contributed by atoms with Gasteiger partial charge in [0.25, 0.3) is 0 Å². The van der Waals surface area contributed by atoms with E-state index in [-0.39, 0.29) is 0 Å². The van der Waals surface area contributed by atoms with Crippen LogP contribution in [-0.4, -0.2) is 33.2 Å². The number of rotatable bonds is 5. The van der Waals surface area contributed by atoms with E-state index in [1.54, 1.807) is 7.11 Å². The number of aryl methyl sites for hydroxylation is 1. The fourth-order valence-corrected chi connectivity index (χ4v) is 3.16. The molecule has 2 aromatic heterocycles. The first kappa shape index (κ1) is 16.8. The van der Waals surface area contributed by atoms with Crippen LogP contribution in [0.25, 0.3) is 33.9 Å². The standard InChI is InChI=1S/C20H19ClN4O/c1-13-3-8-16-18(11-13)25(9-10-26-2)20(24-16)17-12-22-19(23-17)14-4-6-15(21)7-5-14/h3-8,11-12H,9-10H2,1-2H3,(H,22,23). The van der Waals surface area contributed by atoms with Crippen molar-refractivity contribution in [2.45, 2.75) is 13.5 Å². The van der Waals surface area contributed by atoms with Crippen LogP contribution in [-0.2, 0) is 11.3 Å². The number of hydrogen-bond acceptors (Lipinski definition) is 3. The van der Waals surface area contributed by atoms with Gasteiger partial charge < -0.3 is 14.3 Å². The molecule has 0 spiro atoms. The number of hydrogen-bond donors (Lipinski definition) is 1. The molecule has 0 fully saturated rings. The second-order valence-electron chi connectivity index (χ2n) is 6.22. The van der Waals surface area contributed by atoms with E-state index in [1.165, 1.54) is 5.56 Å². The molecule has 4 rings (SSSR count). The molecule has 2 aromatic carbocycles. The van der Waals surface area contributed by atoms with E-state index < -0.39 is 0 Å². The molecule has 0 saturated heterocycles. The van der Waals surface area contributed by atoms with Gasteiger partial charge in [0.1, 0.15) is 11.5 Å². The van der Waals surface area contributed by atoms with Crippen molar-refractivity contribution in [3.63, 3.8) is 0 Å². The average Bonchev–Trinajstić information content (AvgIpc) is 3.25. The van der Waals surface area contributed by atoms with Gasteiger partial charge in [-0.05, 0) is 48.9 Å². The van der Waals surface area contributed by atoms with E-state index in [0.717, 1.165) is 40.5 Å². The lowest BCUT2D eigenvalue weighted by atomic mass is 10.2. The maximum atomic E-state index is 5.97. The quantitative estimate of drug-likeness (QED) is 0.557. The van der Waals surface area contributed by atoms with Gasteiger partial charge in [-0.25, -0.2) is 9.97 Å². The number of aromatic nitrogens is 4. The number of benzene rings is 2. The number of halogens is 1. The predicted octanol–water partition coefficient (Wildman–Crippen LogP) is 4.70. The summed E-state index contributed by atoms with van der Waals surface area (Å²) in [6.45, 7) is 3.42. The first-order valence-electron chi connectivity index (χ1n) is 8.43. The number of H-pyrrole nitrogens is 1. The Morgan fingerprint density at radius 3 is 2.73 bits per heavy atom. The number of nitrogens with zero attached hydrogens (tertiary/aromatic N) is 3. The van der Waals surface area contributed by atoms with Crippen LogP contribution in [0.1, 0.15) is 5.56 Å². The lowest BCUT2D eigenvalue weighted by Gasteiger charge is -2.07. The van der Waals surface area contributed by atoms with Crippen molar-refractivity contribution in [2.75, 3.05) is 13.7 Å². The zero-order valence-electron chi connectivity index (χ0n) is 14.7. The van der Waals surface area contributed by atoms with E-state index in [4.69, 9.17) is 21.3 Å². The monoisotopic (exact) mass is 366 g/mol. The SMILES string of the molecule is COCCn1c(-c2cnc(-c3ccc(Cl)cc3)[nH]2)nc2ccc(C)cc21. The van der Waals surface area contributed by atoms with Crippen LogP contribution in [0, 0.1) is 6.92 Å². The summed E-state index contributed by atoms with van der Waals surface area (Å²) in [5, 5.41) is 0.706. The Labute approximate surface area is 156 Å². The summed E-state index contributed by atoms with van der Waals surface area (Å²) in [6, 6.07) is 13.9. The Hall–Kier alpha value is -2.63. The second kappa shape index (κ2) is 6.94. The van der Waals surface area contributed by atoms with Crippen LogP contribution >= 0.6 is 11.6 Å². The number of nitrogens with one attached hydrogen (secondary N) is 1. The lowest BCUT2D eigenvalue weighted by molar-refractivity contribution is 0.188. The van der Waals surface area contributed by atoms with E-state index in [1.807, 2.05) is 36.5 Å². The summed E-state index contributed by atoms with van der Waals surface area (Å²) in [4.78, 5) is 12.7. The first-order chi connectivity index (χ1) is 12.7. The Balaban J connectivity index is 1.79. The number of aromatic amines is 1. The van der Waals surface area contributed by atoms with Crippen LogP contribution in [0.3, 0.4) is 0 Å². The fraction of sp³-hybridized carbons (Fsp3) is 0.200. The van der Waals surface area contributed by atoms with Crippen molar-refractivity contribution in [3.05, 3.63) is 59.2 Å². The van der Waals surface area contributed by atoms with E-state index >= 15 is 0 Å². The molecule has 5 nitrogen and oxygen atoms in total. The largest absolute Gasteiger partial charge is 0.383 e. The zero-order chi connectivity index (χ0) is 18.1. The van der Waals surface area contributed by atoms with Crippen molar-refractivity contribution in [1.82, 2.24) is 19.5 Å².